The molecule has 1 amide bonds. The van der Waals surface area contributed by atoms with E-state index in [1.165, 1.54) is 0 Å². The van der Waals surface area contributed by atoms with Gasteiger partial charge < -0.3 is 15.0 Å². The molecule has 0 aromatic rings. The highest BCUT2D eigenvalue weighted by Gasteiger charge is 2.21. The number of carbonyl (C=O) groups is 1. The number of hydrogen-bond acceptors (Lipinski definition) is 3. The minimum absolute atomic E-state index is 0. The van der Waals surface area contributed by atoms with Crippen LogP contribution in [0, 0.1) is 0 Å². The first-order chi connectivity index (χ1) is 7.61. The topological polar surface area (TPSA) is 41.6 Å². The van der Waals surface area contributed by atoms with Gasteiger partial charge in [0.05, 0.1) is 19.1 Å². The molecule has 1 heterocycles. The molecule has 1 N–H and O–H groups in total. The van der Waals surface area contributed by atoms with Gasteiger partial charge in [0.1, 0.15) is 0 Å². The lowest BCUT2D eigenvalue weighted by atomic mass is 10.1. The van der Waals surface area contributed by atoms with E-state index < -0.39 is 0 Å². The fraction of sp³-hybridized carbons (Fsp3) is 0.917. The van der Waals surface area contributed by atoms with E-state index in [9.17, 15) is 4.79 Å². The van der Waals surface area contributed by atoms with Crippen molar-refractivity contribution in [1.29, 1.82) is 0 Å². The number of nitrogens with zero attached hydrogens (tertiary/aromatic N) is 1. The van der Waals surface area contributed by atoms with Crippen LogP contribution in [-0.2, 0) is 9.53 Å². The predicted molar refractivity (Wildman–Crippen MR) is 71.6 cm³/mol. The number of piperidine rings is 1. The monoisotopic (exact) mass is 264 g/mol. The highest BCUT2D eigenvalue weighted by molar-refractivity contribution is 5.85. The van der Waals surface area contributed by atoms with Crippen molar-refractivity contribution in [2.45, 2.75) is 45.3 Å². The number of carbonyl (C=O) groups excluding carboxylic acids is 1. The lowest BCUT2D eigenvalue weighted by Crippen LogP contribution is -2.44. The second kappa shape index (κ2) is 8.72. The first kappa shape index (κ1) is 16.7. The summed E-state index contributed by atoms with van der Waals surface area (Å²) in [4.78, 5) is 13.7. The molecule has 5 heteroatoms. The zero-order chi connectivity index (χ0) is 12.0. The molecule has 17 heavy (non-hydrogen) atoms. The minimum atomic E-state index is 0. The Hall–Kier alpha value is -0.320. The van der Waals surface area contributed by atoms with Gasteiger partial charge in [-0.25, -0.2) is 0 Å². The van der Waals surface area contributed by atoms with Gasteiger partial charge in [0, 0.05) is 13.1 Å². The standard InChI is InChI=1S/C12H24N2O2.ClH/c1-10(2)16-9-6-12(15)14(3)11-4-7-13-8-5-11;/h10-11,13H,4-9H2,1-3H3;1H. The Labute approximate surface area is 110 Å². The van der Waals surface area contributed by atoms with Crippen LogP contribution >= 0.6 is 12.4 Å². The van der Waals surface area contributed by atoms with Gasteiger partial charge in [-0.2, -0.15) is 0 Å². The van der Waals surface area contributed by atoms with Crippen molar-refractivity contribution in [2.75, 3.05) is 26.7 Å². The van der Waals surface area contributed by atoms with Gasteiger partial charge in [-0.15, -0.1) is 12.4 Å². The molecular formula is C12H25ClN2O2. The molecule has 1 fully saturated rings. The number of amides is 1. The third-order valence-electron chi connectivity index (χ3n) is 3.02. The summed E-state index contributed by atoms with van der Waals surface area (Å²) in [5.74, 6) is 0.201. The molecule has 0 aromatic heterocycles. The Morgan fingerprint density at radius 1 is 1.41 bits per heavy atom. The summed E-state index contributed by atoms with van der Waals surface area (Å²) in [7, 11) is 1.91. The van der Waals surface area contributed by atoms with Crippen LogP contribution in [0.3, 0.4) is 0 Å². The van der Waals surface area contributed by atoms with E-state index in [-0.39, 0.29) is 24.4 Å². The Balaban J connectivity index is 0.00000256. The van der Waals surface area contributed by atoms with E-state index in [0.717, 1.165) is 25.9 Å². The molecule has 102 valence electrons. The minimum Gasteiger partial charge on any atom is -0.378 e. The summed E-state index contributed by atoms with van der Waals surface area (Å²) < 4.78 is 5.39. The lowest BCUT2D eigenvalue weighted by Gasteiger charge is -2.31. The SMILES string of the molecule is CC(C)OCCC(=O)N(C)C1CCNCC1.Cl. The van der Waals surface area contributed by atoms with Crippen LogP contribution in [0.2, 0.25) is 0 Å². The first-order valence-corrected chi connectivity index (χ1v) is 6.19. The smallest absolute Gasteiger partial charge is 0.224 e. The molecule has 0 spiro atoms. The van der Waals surface area contributed by atoms with Gasteiger partial charge in [-0.1, -0.05) is 0 Å². The summed E-state index contributed by atoms with van der Waals surface area (Å²) in [5.41, 5.74) is 0. The van der Waals surface area contributed by atoms with Gasteiger partial charge >= 0.3 is 0 Å². The predicted octanol–water partition coefficient (Wildman–Crippen LogP) is 1.43. The van der Waals surface area contributed by atoms with Crippen molar-refractivity contribution in [3.05, 3.63) is 0 Å². The summed E-state index contributed by atoms with van der Waals surface area (Å²) in [6.45, 7) is 6.55. The molecular weight excluding hydrogens is 240 g/mol. The van der Waals surface area contributed by atoms with Crippen LogP contribution in [0.25, 0.3) is 0 Å². The molecule has 1 aliphatic rings. The van der Waals surface area contributed by atoms with Gasteiger partial charge in [-0.05, 0) is 39.8 Å². The number of hydrogen-bond donors (Lipinski definition) is 1. The highest BCUT2D eigenvalue weighted by Crippen LogP contribution is 2.11. The number of ether oxygens (including phenoxy) is 1. The largest absolute Gasteiger partial charge is 0.378 e. The normalized spacial score (nSPS) is 16.7. The van der Waals surface area contributed by atoms with Crippen molar-refractivity contribution in [3.63, 3.8) is 0 Å². The fourth-order valence-electron chi connectivity index (χ4n) is 1.96. The molecule has 1 rings (SSSR count). The van der Waals surface area contributed by atoms with Crippen molar-refractivity contribution >= 4 is 18.3 Å². The molecule has 0 aromatic carbocycles. The van der Waals surface area contributed by atoms with E-state index in [0.29, 0.717) is 19.1 Å². The quantitative estimate of drug-likeness (QED) is 0.817. The average molecular weight is 265 g/mol. The van der Waals surface area contributed by atoms with Crippen molar-refractivity contribution < 1.29 is 9.53 Å². The van der Waals surface area contributed by atoms with Gasteiger partial charge in [0.25, 0.3) is 0 Å². The van der Waals surface area contributed by atoms with Crippen LogP contribution in [0.1, 0.15) is 33.1 Å². The maximum atomic E-state index is 11.8. The molecule has 1 saturated heterocycles. The van der Waals surface area contributed by atoms with Crippen LogP contribution in [0.15, 0.2) is 0 Å². The third-order valence-corrected chi connectivity index (χ3v) is 3.02. The van der Waals surface area contributed by atoms with Crippen molar-refractivity contribution in [3.8, 4) is 0 Å². The van der Waals surface area contributed by atoms with Crippen LogP contribution < -0.4 is 5.32 Å². The maximum absolute atomic E-state index is 11.8. The van der Waals surface area contributed by atoms with E-state index in [1.54, 1.807) is 0 Å². The average Bonchev–Trinajstić information content (AvgIpc) is 2.28. The van der Waals surface area contributed by atoms with Crippen LogP contribution in [-0.4, -0.2) is 49.7 Å². The Bertz CT molecular complexity index is 219. The second-order valence-electron chi connectivity index (χ2n) is 4.66. The zero-order valence-electron chi connectivity index (χ0n) is 11.1. The highest BCUT2D eigenvalue weighted by atomic mass is 35.5. The maximum Gasteiger partial charge on any atom is 0.224 e. The summed E-state index contributed by atoms with van der Waals surface area (Å²) in [6.07, 6.45) is 2.83. The first-order valence-electron chi connectivity index (χ1n) is 6.19. The number of rotatable bonds is 5. The third kappa shape index (κ3) is 6.24. The van der Waals surface area contributed by atoms with Crippen LogP contribution in [0.4, 0.5) is 0 Å². The Morgan fingerprint density at radius 2 is 2.00 bits per heavy atom. The van der Waals surface area contributed by atoms with E-state index in [1.807, 2.05) is 25.8 Å². The van der Waals surface area contributed by atoms with E-state index in [2.05, 4.69) is 5.32 Å². The lowest BCUT2D eigenvalue weighted by molar-refractivity contribution is -0.133. The molecule has 0 aliphatic carbocycles. The van der Waals surface area contributed by atoms with Gasteiger partial charge in [0.2, 0.25) is 5.91 Å². The molecule has 0 atom stereocenters. The van der Waals surface area contributed by atoms with E-state index >= 15 is 0 Å². The van der Waals surface area contributed by atoms with Gasteiger partial charge in [-0.3, -0.25) is 4.79 Å². The molecule has 0 saturated carbocycles. The molecule has 4 nitrogen and oxygen atoms in total. The number of nitrogens with one attached hydrogen (secondary N) is 1. The summed E-state index contributed by atoms with van der Waals surface area (Å²) in [5, 5.41) is 3.30. The molecule has 0 bridgehead atoms. The van der Waals surface area contributed by atoms with Crippen LogP contribution in [0.5, 0.6) is 0 Å². The zero-order valence-corrected chi connectivity index (χ0v) is 11.9. The van der Waals surface area contributed by atoms with E-state index in [4.69, 9.17) is 4.74 Å². The molecule has 0 radical (unpaired) electrons. The number of halogens is 1. The molecule has 0 unspecified atom stereocenters. The van der Waals surface area contributed by atoms with Crippen molar-refractivity contribution in [2.24, 2.45) is 0 Å². The molecule has 1 aliphatic heterocycles. The summed E-state index contributed by atoms with van der Waals surface area (Å²) >= 11 is 0. The van der Waals surface area contributed by atoms with Gasteiger partial charge in [0.15, 0.2) is 0 Å². The van der Waals surface area contributed by atoms with Crippen molar-refractivity contribution in [1.82, 2.24) is 10.2 Å². The second-order valence-corrected chi connectivity index (χ2v) is 4.66. The Morgan fingerprint density at radius 3 is 2.53 bits per heavy atom. The summed E-state index contributed by atoms with van der Waals surface area (Å²) in [6, 6.07) is 0.410. The fourth-order valence-corrected chi connectivity index (χ4v) is 1.96. The Kier molecular flexibility index (Phi) is 8.56.